The highest BCUT2D eigenvalue weighted by Crippen LogP contribution is 2.44. The van der Waals surface area contributed by atoms with Gasteiger partial charge < -0.3 is 14.8 Å². The first-order valence-electron chi connectivity index (χ1n) is 7.89. The Morgan fingerprint density at radius 3 is 2.25 bits per heavy atom. The smallest absolute Gasteiger partial charge is 0.408 e. The molecule has 1 aliphatic carbocycles. The van der Waals surface area contributed by atoms with Gasteiger partial charge in [-0.15, -0.1) is 0 Å². The van der Waals surface area contributed by atoms with Gasteiger partial charge in [0.2, 0.25) is 0 Å². The van der Waals surface area contributed by atoms with Crippen molar-refractivity contribution in [1.29, 1.82) is 0 Å². The molecule has 122 valence electrons. The monoisotopic (exact) mass is 323 g/mol. The van der Waals surface area contributed by atoms with Gasteiger partial charge in [-0.1, -0.05) is 48.5 Å². The van der Waals surface area contributed by atoms with Gasteiger partial charge in [-0.05, 0) is 29.2 Å². The molecule has 2 aromatic carbocycles. The number of hydrogen-bond donors (Lipinski definition) is 1. The molecule has 1 unspecified atom stereocenters. The van der Waals surface area contributed by atoms with Crippen molar-refractivity contribution in [2.75, 3.05) is 13.2 Å². The lowest BCUT2D eigenvalue weighted by Gasteiger charge is -2.35. The first-order valence-corrected chi connectivity index (χ1v) is 7.89. The van der Waals surface area contributed by atoms with Crippen LogP contribution in [0.2, 0.25) is 0 Å². The lowest BCUT2D eigenvalue weighted by molar-refractivity contribution is -0.173. The summed E-state index contributed by atoms with van der Waals surface area (Å²) in [5.41, 5.74) is 3.69. The second kappa shape index (κ2) is 5.37. The van der Waals surface area contributed by atoms with Gasteiger partial charge in [-0.25, -0.2) is 9.59 Å². The average molecular weight is 323 g/mol. The van der Waals surface area contributed by atoms with Gasteiger partial charge in [0.25, 0.3) is 0 Å². The van der Waals surface area contributed by atoms with Crippen LogP contribution in [0.5, 0.6) is 0 Å². The Morgan fingerprint density at radius 1 is 1.17 bits per heavy atom. The lowest BCUT2D eigenvalue weighted by atomic mass is 9.98. The summed E-state index contributed by atoms with van der Waals surface area (Å²) in [5, 5.41) is 2.58. The fraction of sp³-hybridized carbons (Fsp3) is 0.263. The summed E-state index contributed by atoms with van der Waals surface area (Å²) in [6.07, 6.45) is -0.601. The molecule has 0 radical (unpaired) electrons. The van der Waals surface area contributed by atoms with Crippen molar-refractivity contribution >= 4 is 12.1 Å². The number of cyclic esters (lactones) is 1. The second-order valence-corrected chi connectivity index (χ2v) is 6.36. The van der Waals surface area contributed by atoms with Gasteiger partial charge in [-0.3, -0.25) is 0 Å². The van der Waals surface area contributed by atoms with Crippen molar-refractivity contribution in [3.63, 3.8) is 0 Å². The minimum atomic E-state index is -0.970. The van der Waals surface area contributed by atoms with E-state index in [1.807, 2.05) is 24.3 Å². The fourth-order valence-electron chi connectivity index (χ4n) is 3.29. The predicted octanol–water partition coefficient (Wildman–Crippen LogP) is 2.84. The molecule has 24 heavy (non-hydrogen) atoms. The molecular weight excluding hydrogens is 306 g/mol. The average Bonchev–Trinajstić information content (AvgIpc) is 2.92. The summed E-state index contributed by atoms with van der Waals surface area (Å²) in [6, 6.07) is 16.3. The summed E-state index contributed by atoms with van der Waals surface area (Å²) in [6.45, 7) is 2.03. The van der Waals surface area contributed by atoms with Crippen LogP contribution in [-0.4, -0.2) is 30.8 Å². The van der Waals surface area contributed by atoms with Crippen LogP contribution in [0.1, 0.15) is 24.0 Å². The molecule has 5 heteroatoms. The number of rotatable bonds is 3. The Morgan fingerprint density at radius 2 is 1.75 bits per heavy atom. The Labute approximate surface area is 139 Å². The standard InChI is InChI=1S/C19H17NO4/c1-19(11-24-17(19)21)20-18(22)23-10-16-14-8-4-2-6-12(14)13-7-3-5-9-15(13)16/h2-9,16H,10-11H2,1H3,(H,20,22). The number of alkyl carbamates (subject to hydrolysis) is 1. The van der Waals surface area contributed by atoms with E-state index in [1.54, 1.807) is 6.92 Å². The highest BCUT2D eigenvalue weighted by Gasteiger charge is 2.46. The number of hydrogen-bond acceptors (Lipinski definition) is 4. The highest BCUT2D eigenvalue weighted by atomic mass is 16.6. The van der Waals surface area contributed by atoms with Crippen LogP contribution in [0, 0.1) is 0 Å². The Balaban J connectivity index is 1.51. The molecule has 2 aromatic rings. The van der Waals surface area contributed by atoms with Crippen LogP contribution in [0.3, 0.4) is 0 Å². The zero-order chi connectivity index (χ0) is 16.7. The van der Waals surface area contributed by atoms with Crippen molar-refractivity contribution in [1.82, 2.24) is 5.32 Å². The number of amides is 1. The predicted molar refractivity (Wildman–Crippen MR) is 87.6 cm³/mol. The molecule has 1 saturated heterocycles. The number of ether oxygens (including phenoxy) is 2. The zero-order valence-electron chi connectivity index (χ0n) is 13.2. The van der Waals surface area contributed by atoms with Crippen LogP contribution in [0.25, 0.3) is 11.1 Å². The van der Waals surface area contributed by atoms with Crippen molar-refractivity contribution in [3.05, 3.63) is 59.7 Å². The molecule has 2 aliphatic rings. The maximum absolute atomic E-state index is 12.0. The Kier molecular flexibility index (Phi) is 3.30. The number of fused-ring (bicyclic) bond motifs is 3. The van der Waals surface area contributed by atoms with Crippen molar-refractivity contribution in [3.8, 4) is 11.1 Å². The third-order valence-corrected chi connectivity index (χ3v) is 4.66. The molecule has 0 aromatic heterocycles. The van der Waals surface area contributed by atoms with Crippen LogP contribution >= 0.6 is 0 Å². The summed E-state index contributed by atoms with van der Waals surface area (Å²) >= 11 is 0. The topological polar surface area (TPSA) is 64.6 Å². The van der Waals surface area contributed by atoms with Gasteiger partial charge in [0, 0.05) is 5.92 Å². The van der Waals surface area contributed by atoms with Crippen molar-refractivity contribution in [2.45, 2.75) is 18.4 Å². The van der Waals surface area contributed by atoms with E-state index < -0.39 is 17.6 Å². The maximum Gasteiger partial charge on any atom is 0.408 e. The quantitative estimate of drug-likeness (QED) is 0.882. The molecular formula is C19H17NO4. The van der Waals surface area contributed by atoms with Crippen molar-refractivity contribution < 1.29 is 19.1 Å². The molecule has 0 spiro atoms. The molecule has 1 N–H and O–H groups in total. The van der Waals surface area contributed by atoms with Crippen LogP contribution < -0.4 is 5.32 Å². The normalized spacial score (nSPS) is 21.3. The van der Waals surface area contributed by atoms with E-state index in [2.05, 4.69) is 29.6 Å². The minimum Gasteiger partial charge on any atom is -0.461 e. The van der Waals surface area contributed by atoms with E-state index in [1.165, 1.54) is 11.1 Å². The molecule has 1 fully saturated rings. The van der Waals surface area contributed by atoms with Crippen molar-refractivity contribution in [2.24, 2.45) is 0 Å². The molecule has 1 amide bonds. The minimum absolute atomic E-state index is 0.00398. The van der Waals surface area contributed by atoms with Gasteiger partial charge in [0.05, 0.1) is 0 Å². The molecule has 1 heterocycles. The number of esters is 1. The molecule has 0 saturated carbocycles. The summed E-state index contributed by atoms with van der Waals surface area (Å²) in [4.78, 5) is 23.4. The van der Waals surface area contributed by atoms with E-state index >= 15 is 0 Å². The third-order valence-electron chi connectivity index (χ3n) is 4.66. The van der Waals surface area contributed by atoms with E-state index in [0.717, 1.165) is 11.1 Å². The van der Waals surface area contributed by atoms with Gasteiger partial charge in [-0.2, -0.15) is 0 Å². The first kappa shape index (κ1) is 14.8. The van der Waals surface area contributed by atoms with Crippen LogP contribution in [0.4, 0.5) is 4.79 Å². The van der Waals surface area contributed by atoms with Gasteiger partial charge in [0.1, 0.15) is 13.2 Å². The number of benzene rings is 2. The second-order valence-electron chi connectivity index (χ2n) is 6.36. The molecule has 1 atom stereocenters. The highest BCUT2D eigenvalue weighted by molar-refractivity contribution is 5.89. The zero-order valence-corrected chi connectivity index (χ0v) is 13.2. The SMILES string of the molecule is CC1(NC(=O)OCC2c3ccccc3-c3ccccc32)COC1=O. The van der Waals surface area contributed by atoms with E-state index in [4.69, 9.17) is 9.47 Å². The largest absolute Gasteiger partial charge is 0.461 e. The fourth-order valence-corrected chi connectivity index (χ4v) is 3.29. The first-order chi connectivity index (χ1) is 11.6. The van der Waals surface area contributed by atoms with Crippen LogP contribution in [-0.2, 0) is 14.3 Å². The summed E-state index contributed by atoms with van der Waals surface area (Å²) < 4.78 is 10.1. The van der Waals surface area contributed by atoms with E-state index in [0.29, 0.717) is 0 Å². The maximum atomic E-state index is 12.0. The van der Waals surface area contributed by atoms with Crippen LogP contribution in [0.15, 0.2) is 48.5 Å². The Hall–Kier alpha value is -2.82. The van der Waals surface area contributed by atoms with Gasteiger partial charge >= 0.3 is 12.1 Å². The van der Waals surface area contributed by atoms with E-state index in [-0.39, 0.29) is 19.1 Å². The Bertz CT molecular complexity index is 786. The summed E-state index contributed by atoms with van der Waals surface area (Å²) in [5.74, 6) is -0.430. The molecule has 0 bridgehead atoms. The van der Waals surface area contributed by atoms with Gasteiger partial charge in [0.15, 0.2) is 5.54 Å². The number of carbonyl (C=O) groups excluding carboxylic acids is 2. The molecule has 4 rings (SSSR count). The third kappa shape index (κ3) is 2.24. The summed E-state index contributed by atoms with van der Waals surface area (Å²) in [7, 11) is 0. The number of carbonyl (C=O) groups is 2. The molecule has 5 nitrogen and oxygen atoms in total. The molecule has 1 aliphatic heterocycles. The van der Waals surface area contributed by atoms with E-state index in [9.17, 15) is 9.59 Å². The lowest BCUT2D eigenvalue weighted by Crippen LogP contribution is -2.64. The number of nitrogens with one attached hydrogen (secondary N) is 1.